The standard InChI is InChI=1S/C22H22N6O/c1-13-12-17(19-14(2)25-27(3)21(19)23-13)22(29)24-20-16-10-7-11-18(16)26-28(20)15-8-5-4-6-9-15/h4-6,8-9,12H,7,10-11H2,1-3H3,(H,24,29). The quantitative estimate of drug-likeness (QED) is 0.584. The zero-order chi connectivity index (χ0) is 20.1. The topological polar surface area (TPSA) is 77.6 Å². The third kappa shape index (κ3) is 2.81. The maximum Gasteiger partial charge on any atom is 0.257 e. The lowest BCUT2D eigenvalue weighted by Crippen LogP contribution is -2.17. The van der Waals surface area contributed by atoms with Crippen molar-refractivity contribution in [3.63, 3.8) is 0 Å². The summed E-state index contributed by atoms with van der Waals surface area (Å²) in [5, 5.41) is 13.2. The van der Waals surface area contributed by atoms with Crippen LogP contribution in [0.1, 0.15) is 39.4 Å². The lowest BCUT2D eigenvalue weighted by Gasteiger charge is -2.12. The van der Waals surface area contributed by atoms with Crippen molar-refractivity contribution in [1.29, 1.82) is 0 Å². The number of fused-ring (bicyclic) bond motifs is 2. The van der Waals surface area contributed by atoms with Crippen LogP contribution in [-0.2, 0) is 19.9 Å². The molecule has 1 amide bonds. The van der Waals surface area contributed by atoms with Crippen molar-refractivity contribution in [2.24, 2.45) is 7.05 Å². The van der Waals surface area contributed by atoms with E-state index in [0.29, 0.717) is 5.56 Å². The number of nitrogens with zero attached hydrogens (tertiary/aromatic N) is 5. The number of carbonyl (C=O) groups excluding carboxylic acids is 1. The molecule has 5 rings (SSSR count). The SMILES string of the molecule is Cc1cc(C(=O)Nc2c3c(nn2-c2ccccc2)CCC3)c2c(C)nn(C)c2n1. The molecule has 3 heterocycles. The van der Waals surface area contributed by atoms with E-state index in [1.165, 1.54) is 0 Å². The molecular formula is C22H22N6O. The van der Waals surface area contributed by atoms with E-state index in [9.17, 15) is 4.79 Å². The lowest BCUT2D eigenvalue weighted by atomic mass is 10.1. The Morgan fingerprint density at radius 3 is 2.69 bits per heavy atom. The van der Waals surface area contributed by atoms with Crippen LogP contribution < -0.4 is 5.32 Å². The van der Waals surface area contributed by atoms with Crippen LogP contribution in [0.3, 0.4) is 0 Å². The number of amides is 1. The summed E-state index contributed by atoms with van der Waals surface area (Å²) < 4.78 is 3.57. The Hall–Kier alpha value is -3.48. The summed E-state index contributed by atoms with van der Waals surface area (Å²) in [6.45, 7) is 3.80. The van der Waals surface area contributed by atoms with Crippen LogP contribution in [0.4, 0.5) is 5.82 Å². The van der Waals surface area contributed by atoms with Crippen LogP contribution in [0.5, 0.6) is 0 Å². The number of para-hydroxylation sites is 1. The molecule has 146 valence electrons. The van der Waals surface area contributed by atoms with Gasteiger partial charge in [0.05, 0.1) is 28.0 Å². The molecule has 1 aromatic carbocycles. The highest BCUT2D eigenvalue weighted by Gasteiger charge is 2.26. The smallest absolute Gasteiger partial charge is 0.257 e. The molecule has 0 spiro atoms. The number of pyridine rings is 1. The first kappa shape index (κ1) is 17.6. The van der Waals surface area contributed by atoms with Gasteiger partial charge in [-0.05, 0) is 51.3 Å². The largest absolute Gasteiger partial charge is 0.306 e. The number of carbonyl (C=O) groups is 1. The van der Waals surface area contributed by atoms with Gasteiger partial charge in [-0.3, -0.25) is 9.48 Å². The van der Waals surface area contributed by atoms with Gasteiger partial charge < -0.3 is 5.32 Å². The van der Waals surface area contributed by atoms with Gasteiger partial charge in [0.1, 0.15) is 5.82 Å². The molecule has 7 heteroatoms. The first-order chi connectivity index (χ1) is 14.0. The van der Waals surface area contributed by atoms with Gasteiger partial charge in [0.25, 0.3) is 5.91 Å². The summed E-state index contributed by atoms with van der Waals surface area (Å²) in [6.07, 6.45) is 2.93. The average Bonchev–Trinajstić information content (AvgIpc) is 3.37. The van der Waals surface area contributed by atoms with Crippen LogP contribution in [0, 0.1) is 13.8 Å². The molecule has 1 aliphatic rings. The molecule has 29 heavy (non-hydrogen) atoms. The fourth-order valence-corrected chi connectivity index (χ4v) is 4.20. The highest BCUT2D eigenvalue weighted by atomic mass is 16.1. The molecule has 4 aromatic rings. The molecule has 1 N–H and O–H groups in total. The monoisotopic (exact) mass is 386 g/mol. The Bertz CT molecular complexity index is 1250. The van der Waals surface area contributed by atoms with E-state index >= 15 is 0 Å². The van der Waals surface area contributed by atoms with Gasteiger partial charge in [0.15, 0.2) is 5.65 Å². The summed E-state index contributed by atoms with van der Waals surface area (Å²) in [4.78, 5) is 18.0. The summed E-state index contributed by atoms with van der Waals surface area (Å²) in [5.74, 6) is 0.598. The van der Waals surface area contributed by atoms with E-state index in [0.717, 1.165) is 64.4 Å². The second-order valence-corrected chi connectivity index (χ2v) is 7.55. The number of hydrogen-bond donors (Lipinski definition) is 1. The van der Waals surface area contributed by atoms with Crippen molar-refractivity contribution in [2.75, 3.05) is 5.32 Å². The number of rotatable bonds is 3. The van der Waals surface area contributed by atoms with Crippen LogP contribution in [0.2, 0.25) is 0 Å². The number of hydrogen-bond acceptors (Lipinski definition) is 4. The molecule has 0 saturated carbocycles. The molecule has 0 bridgehead atoms. The van der Waals surface area contributed by atoms with E-state index < -0.39 is 0 Å². The van der Waals surface area contributed by atoms with E-state index in [1.807, 2.05) is 62.0 Å². The van der Waals surface area contributed by atoms with Crippen molar-refractivity contribution >= 4 is 22.8 Å². The molecule has 0 aliphatic heterocycles. The van der Waals surface area contributed by atoms with Gasteiger partial charge >= 0.3 is 0 Å². The minimum absolute atomic E-state index is 0.164. The zero-order valence-corrected chi connectivity index (χ0v) is 16.7. The summed E-state index contributed by atoms with van der Waals surface area (Å²) >= 11 is 0. The van der Waals surface area contributed by atoms with Crippen molar-refractivity contribution < 1.29 is 4.79 Å². The molecule has 0 saturated heterocycles. The minimum Gasteiger partial charge on any atom is -0.306 e. The fourth-order valence-electron chi connectivity index (χ4n) is 4.20. The van der Waals surface area contributed by atoms with E-state index in [1.54, 1.807) is 4.68 Å². The van der Waals surface area contributed by atoms with Gasteiger partial charge in [-0.25, -0.2) is 9.67 Å². The van der Waals surface area contributed by atoms with Crippen LogP contribution in [-0.4, -0.2) is 30.5 Å². The third-order valence-electron chi connectivity index (χ3n) is 5.48. The van der Waals surface area contributed by atoms with Gasteiger partial charge in [-0.2, -0.15) is 10.2 Å². The molecule has 0 unspecified atom stereocenters. The second kappa shape index (κ2) is 6.55. The normalized spacial score (nSPS) is 13.1. The Labute approximate surface area is 168 Å². The Balaban J connectivity index is 1.62. The first-order valence-corrected chi connectivity index (χ1v) is 9.81. The summed E-state index contributed by atoms with van der Waals surface area (Å²) in [7, 11) is 1.85. The highest BCUT2D eigenvalue weighted by molar-refractivity contribution is 6.12. The highest BCUT2D eigenvalue weighted by Crippen LogP contribution is 2.32. The van der Waals surface area contributed by atoms with Gasteiger partial charge in [-0.15, -0.1) is 0 Å². The molecule has 0 atom stereocenters. The lowest BCUT2D eigenvalue weighted by molar-refractivity contribution is 0.102. The van der Waals surface area contributed by atoms with Crippen LogP contribution in [0.25, 0.3) is 16.7 Å². The van der Waals surface area contributed by atoms with E-state index in [4.69, 9.17) is 5.10 Å². The third-order valence-corrected chi connectivity index (χ3v) is 5.48. The van der Waals surface area contributed by atoms with Crippen molar-refractivity contribution in [3.8, 4) is 5.69 Å². The molecule has 7 nitrogen and oxygen atoms in total. The molecule has 0 radical (unpaired) electrons. The second-order valence-electron chi connectivity index (χ2n) is 7.55. The van der Waals surface area contributed by atoms with E-state index in [-0.39, 0.29) is 5.91 Å². The maximum atomic E-state index is 13.4. The average molecular weight is 386 g/mol. The van der Waals surface area contributed by atoms with Crippen molar-refractivity contribution in [3.05, 3.63) is 64.6 Å². The predicted molar refractivity (Wildman–Crippen MR) is 112 cm³/mol. The van der Waals surface area contributed by atoms with Crippen LogP contribution in [0.15, 0.2) is 36.4 Å². The van der Waals surface area contributed by atoms with Gasteiger partial charge in [0, 0.05) is 18.3 Å². The zero-order valence-electron chi connectivity index (χ0n) is 16.7. The Morgan fingerprint density at radius 2 is 1.90 bits per heavy atom. The minimum atomic E-state index is -0.164. The van der Waals surface area contributed by atoms with Gasteiger partial charge in [0.2, 0.25) is 0 Å². The molecule has 3 aromatic heterocycles. The predicted octanol–water partition coefficient (Wildman–Crippen LogP) is 3.51. The molecule has 0 fully saturated rings. The number of benzene rings is 1. The number of aryl methyl sites for hydroxylation is 4. The first-order valence-electron chi connectivity index (χ1n) is 9.81. The number of nitrogens with one attached hydrogen (secondary N) is 1. The van der Waals surface area contributed by atoms with Crippen LogP contribution >= 0.6 is 0 Å². The number of aromatic nitrogens is 5. The van der Waals surface area contributed by atoms with E-state index in [2.05, 4.69) is 15.4 Å². The van der Waals surface area contributed by atoms with Gasteiger partial charge in [-0.1, -0.05) is 18.2 Å². The fraction of sp³-hybridized carbons (Fsp3) is 0.273. The Kier molecular flexibility index (Phi) is 3.97. The Morgan fingerprint density at radius 1 is 1.10 bits per heavy atom. The summed E-state index contributed by atoms with van der Waals surface area (Å²) in [5.41, 5.74) is 6.02. The van der Waals surface area contributed by atoms with Crippen molar-refractivity contribution in [1.82, 2.24) is 24.5 Å². The maximum absolute atomic E-state index is 13.4. The molecule has 1 aliphatic carbocycles. The van der Waals surface area contributed by atoms with Crippen molar-refractivity contribution in [2.45, 2.75) is 33.1 Å². The number of anilines is 1. The molecular weight excluding hydrogens is 364 g/mol. The summed E-state index contributed by atoms with van der Waals surface area (Å²) in [6, 6.07) is 11.7.